The Kier molecular flexibility index (Phi) is 4.44. The number of anilines is 1. The first-order valence-electron chi connectivity index (χ1n) is 9.72. The molecule has 2 saturated heterocycles. The van der Waals surface area contributed by atoms with E-state index in [2.05, 4.69) is 45.8 Å². The number of rotatable bonds is 3. The molecule has 0 unspecified atom stereocenters. The van der Waals surface area contributed by atoms with Gasteiger partial charge in [-0.05, 0) is 57.7 Å². The van der Waals surface area contributed by atoms with Gasteiger partial charge in [-0.25, -0.2) is 0 Å². The van der Waals surface area contributed by atoms with Crippen molar-refractivity contribution in [3.8, 4) is 0 Å². The fourth-order valence-corrected chi connectivity index (χ4v) is 4.45. The molecular weight excluding hydrogens is 312 g/mol. The van der Waals surface area contributed by atoms with Crippen LogP contribution in [0.25, 0.3) is 0 Å². The molecule has 3 fully saturated rings. The van der Waals surface area contributed by atoms with E-state index in [1.54, 1.807) is 0 Å². The fraction of sp³-hybridized carbons (Fsp3) is 0.700. The van der Waals surface area contributed by atoms with E-state index in [1.165, 1.54) is 18.5 Å². The lowest BCUT2D eigenvalue weighted by molar-refractivity contribution is -0.130. The molecule has 2 aliphatic heterocycles. The molecule has 1 aliphatic carbocycles. The predicted octanol–water partition coefficient (Wildman–Crippen LogP) is 2.30. The predicted molar refractivity (Wildman–Crippen MR) is 99.7 cm³/mol. The number of pyridine rings is 1. The molecule has 3 heterocycles. The van der Waals surface area contributed by atoms with Crippen LogP contribution in [-0.4, -0.2) is 66.0 Å². The summed E-state index contributed by atoms with van der Waals surface area (Å²) in [6, 6.07) is 4.30. The molecule has 0 aromatic carbocycles. The van der Waals surface area contributed by atoms with E-state index in [0.717, 1.165) is 57.2 Å². The highest BCUT2D eigenvalue weighted by Gasteiger charge is 2.43. The summed E-state index contributed by atoms with van der Waals surface area (Å²) in [7, 11) is 2.25. The van der Waals surface area contributed by atoms with Crippen molar-refractivity contribution in [2.75, 3.05) is 44.7 Å². The minimum absolute atomic E-state index is 0.114. The normalized spacial score (nSPS) is 28.5. The lowest BCUT2D eigenvalue weighted by Gasteiger charge is -2.50. The highest BCUT2D eigenvalue weighted by atomic mass is 16.2. The van der Waals surface area contributed by atoms with Crippen LogP contribution in [0.1, 0.15) is 37.8 Å². The number of hydrogen-bond donors (Lipinski definition) is 0. The highest BCUT2D eigenvalue weighted by molar-refractivity contribution is 5.76. The molecule has 136 valence electrons. The summed E-state index contributed by atoms with van der Waals surface area (Å²) >= 11 is 0. The smallest absolute Gasteiger partial charge is 0.222 e. The number of aromatic nitrogens is 1. The van der Waals surface area contributed by atoms with Crippen LogP contribution in [0, 0.1) is 12.8 Å². The number of aryl methyl sites for hydroxylation is 1. The lowest BCUT2D eigenvalue weighted by Crippen LogP contribution is -2.61. The molecule has 0 N–H and O–H groups in total. The largest absolute Gasteiger partial charge is 0.368 e. The maximum absolute atomic E-state index is 12.6. The van der Waals surface area contributed by atoms with Crippen molar-refractivity contribution in [1.29, 1.82) is 0 Å². The second-order valence-electron chi connectivity index (χ2n) is 8.26. The van der Waals surface area contributed by atoms with Crippen LogP contribution in [0.15, 0.2) is 18.3 Å². The Labute approximate surface area is 151 Å². The van der Waals surface area contributed by atoms with Crippen molar-refractivity contribution in [3.05, 3.63) is 24.0 Å². The topological polar surface area (TPSA) is 39.7 Å². The second-order valence-corrected chi connectivity index (χ2v) is 8.26. The van der Waals surface area contributed by atoms with Crippen molar-refractivity contribution in [1.82, 2.24) is 14.8 Å². The molecule has 4 rings (SSSR count). The van der Waals surface area contributed by atoms with Gasteiger partial charge in [-0.3, -0.25) is 14.7 Å². The third-order valence-electron chi connectivity index (χ3n) is 6.43. The molecule has 1 amide bonds. The quantitative estimate of drug-likeness (QED) is 0.845. The maximum atomic E-state index is 12.6. The first-order valence-corrected chi connectivity index (χ1v) is 9.72. The Bertz CT molecular complexity index is 644. The van der Waals surface area contributed by atoms with Gasteiger partial charge >= 0.3 is 0 Å². The summed E-state index contributed by atoms with van der Waals surface area (Å²) < 4.78 is 0. The highest BCUT2D eigenvalue weighted by Crippen LogP contribution is 2.36. The monoisotopic (exact) mass is 342 g/mol. The van der Waals surface area contributed by atoms with Crippen molar-refractivity contribution in [2.24, 2.45) is 5.92 Å². The summed E-state index contributed by atoms with van der Waals surface area (Å²) in [5.41, 5.74) is 2.45. The number of hydrogen-bond acceptors (Lipinski definition) is 4. The van der Waals surface area contributed by atoms with E-state index < -0.39 is 0 Å². The zero-order chi connectivity index (χ0) is 17.4. The van der Waals surface area contributed by atoms with E-state index >= 15 is 0 Å². The Morgan fingerprint density at radius 2 is 2.08 bits per heavy atom. The van der Waals surface area contributed by atoms with Crippen LogP contribution in [0.4, 0.5) is 5.69 Å². The summed E-state index contributed by atoms with van der Waals surface area (Å²) in [6.07, 6.45) is 7.28. The Morgan fingerprint density at radius 3 is 2.84 bits per heavy atom. The van der Waals surface area contributed by atoms with Gasteiger partial charge in [-0.2, -0.15) is 0 Å². The van der Waals surface area contributed by atoms with E-state index in [9.17, 15) is 4.79 Å². The number of piperazine rings is 1. The molecule has 1 aromatic rings. The van der Waals surface area contributed by atoms with Gasteiger partial charge in [0.15, 0.2) is 0 Å². The van der Waals surface area contributed by atoms with E-state index in [1.807, 2.05) is 6.20 Å². The van der Waals surface area contributed by atoms with Crippen LogP contribution >= 0.6 is 0 Å². The van der Waals surface area contributed by atoms with Crippen LogP contribution in [-0.2, 0) is 4.79 Å². The average Bonchev–Trinajstić information content (AvgIpc) is 3.43. The van der Waals surface area contributed by atoms with E-state index in [-0.39, 0.29) is 5.54 Å². The number of amides is 1. The molecule has 1 saturated carbocycles. The van der Waals surface area contributed by atoms with Crippen molar-refractivity contribution < 1.29 is 4.79 Å². The molecule has 1 spiro atoms. The van der Waals surface area contributed by atoms with Crippen LogP contribution in [0.2, 0.25) is 0 Å². The third-order valence-corrected chi connectivity index (χ3v) is 6.43. The zero-order valence-corrected chi connectivity index (χ0v) is 15.6. The summed E-state index contributed by atoms with van der Waals surface area (Å²) in [6.45, 7) is 7.07. The first kappa shape index (κ1) is 16.8. The van der Waals surface area contributed by atoms with Crippen LogP contribution in [0.5, 0.6) is 0 Å². The van der Waals surface area contributed by atoms with Crippen molar-refractivity contribution in [2.45, 2.75) is 44.6 Å². The Hall–Kier alpha value is -1.62. The molecular formula is C20H30N4O. The molecule has 25 heavy (non-hydrogen) atoms. The number of likely N-dealkylation sites (N-methyl/N-ethyl adjacent to an activating group) is 1. The van der Waals surface area contributed by atoms with Gasteiger partial charge in [-0.15, -0.1) is 0 Å². The van der Waals surface area contributed by atoms with Gasteiger partial charge < -0.3 is 9.80 Å². The van der Waals surface area contributed by atoms with Gasteiger partial charge in [-0.1, -0.05) is 0 Å². The minimum Gasteiger partial charge on any atom is -0.368 e. The number of carbonyl (C=O) groups is 1. The Morgan fingerprint density at radius 1 is 1.24 bits per heavy atom. The average molecular weight is 342 g/mol. The van der Waals surface area contributed by atoms with Gasteiger partial charge in [0, 0.05) is 62.3 Å². The maximum Gasteiger partial charge on any atom is 0.222 e. The number of carbonyl (C=O) groups excluding carboxylic acids is 1. The van der Waals surface area contributed by atoms with Crippen LogP contribution < -0.4 is 4.90 Å². The molecule has 0 radical (unpaired) electrons. The standard InChI is InChI=1S/C20H30N4O/c1-16-13-18(6-9-21-16)24-12-11-22(2)20(15-24)7-5-19(25)23(10-8-20)14-17-3-4-17/h6,9,13,17H,3-5,7-8,10-12,14-15H2,1-2H3/t20-/m0/s1. The molecule has 5 nitrogen and oxygen atoms in total. The van der Waals surface area contributed by atoms with Crippen molar-refractivity contribution >= 4 is 11.6 Å². The number of likely N-dealkylation sites (tertiary alicyclic amines) is 1. The molecule has 3 aliphatic rings. The second kappa shape index (κ2) is 6.60. The Balaban J connectivity index is 1.51. The summed E-state index contributed by atoms with van der Waals surface area (Å²) in [4.78, 5) is 24.1. The molecule has 0 bridgehead atoms. The lowest BCUT2D eigenvalue weighted by atomic mass is 9.86. The minimum atomic E-state index is 0.114. The fourth-order valence-electron chi connectivity index (χ4n) is 4.45. The zero-order valence-electron chi connectivity index (χ0n) is 15.6. The third kappa shape index (κ3) is 3.52. The first-order chi connectivity index (χ1) is 12.1. The van der Waals surface area contributed by atoms with Gasteiger partial charge in [0.25, 0.3) is 0 Å². The van der Waals surface area contributed by atoms with Gasteiger partial charge in [0.1, 0.15) is 0 Å². The van der Waals surface area contributed by atoms with Gasteiger partial charge in [0.2, 0.25) is 5.91 Å². The molecule has 1 aromatic heterocycles. The van der Waals surface area contributed by atoms with E-state index in [4.69, 9.17) is 0 Å². The van der Waals surface area contributed by atoms with Crippen molar-refractivity contribution in [3.63, 3.8) is 0 Å². The summed E-state index contributed by atoms with van der Waals surface area (Å²) in [5.74, 6) is 1.15. The number of nitrogens with zero attached hydrogens (tertiary/aromatic N) is 4. The molecule has 5 heteroatoms. The van der Waals surface area contributed by atoms with Crippen LogP contribution in [0.3, 0.4) is 0 Å². The SMILES string of the molecule is Cc1cc(N2CCN(C)[C@]3(CCC(=O)N(CC4CC4)CC3)C2)ccn1. The molecule has 1 atom stereocenters. The summed E-state index contributed by atoms with van der Waals surface area (Å²) in [5, 5.41) is 0. The van der Waals surface area contributed by atoms with E-state index in [0.29, 0.717) is 12.3 Å². The van der Waals surface area contributed by atoms with Gasteiger partial charge in [0.05, 0.1) is 0 Å².